The summed E-state index contributed by atoms with van der Waals surface area (Å²) in [6.07, 6.45) is 7.04. The number of benzene rings is 1. The fourth-order valence-electron chi connectivity index (χ4n) is 2.22. The van der Waals surface area contributed by atoms with Crippen LogP contribution in [0.4, 0.5) is 10.1 Å². The summed E-state index contributed by atoms with van der Waals surface area (Å²) in [6, 6.07) is 2.95. The summed E-state index contributed by atoms with van der Waals surface area (Å²) in [5.41, 5.74) is -0.617. The smallest absolute Gasteiger partial charge is 0.285 e. The molecule has 5 nitrogen and oxygen atoms in total. The van der Waals surface area contributed by atoms with Crippen LogP contribution in [0.1, 0.15) is 29.6 Å². The Bertz CT molecular complexity index is 557. The molecule has 0 spiro atoms. The third-order valence-electron chi connectivity index (χ3n) is 3.33. The van der Waals surface area contributed by atoms with Gasteiger partial charge in [-0.15, -0.1) is 0 Å². The standard InChI is InChI=1S/C14H15FN2O3/c15-11-6-7-12(13(8-11)17(19)20)14(18)16-9-10-4-2-1-3-5-10/h1-2,6-8,10H,3-5,9H2,(H,16,18). The molecule has 20 heavy (non-hydrogen) atoms. The molecule has 0 saturated carbocycles. The van der Waals surface area contributed by atoms with Crippen molar-refractivity contribution >= 4 is 11.6 Å². The van der Waals surface area contributed by atoms with Crippen molar-refractivity contribution in [2.24, 2.45) is 5.92 Å². The normalized spacial score (nSPS) is 17.8. The van der Waals surface area contributed by atoms with E-state index >= 15 is 0 Å². The van der Waals surface area contributed by atoms with Crippen LogP contribution in [0.25, 0.3) is 0 Å². The predicted molar refractivity (Wildman–Crippen MR) is 71.9 cm³/mol. The minimum atomic E-state index is -0.749. The molecule has 0 radical (unpaired) electrons. The second-order valence-corrected chi connectivity index (χ2v) is 4.78. The van der Waals surface area contributed by atoms with E-state index in [1.54, 1.807) is 0 Å². The first kappa shape index (κ1) is 14.2. The van der Waals surface area contributed by atoms with Gasteiger partial charge in [-0.1, -0.05) is 12.2 Å². The van der Waals surface area contributed by atoms with E-state index in [0.29, 0.717) is 12.5 Å². The van der Waals surface area contributed by atoms with Gasteiger partial charge in [-0.25, -0.2) is 4.39 Å². The molecule has 0 aromatic heterocycles. The molecule has 0 bridgehead atoms. The van der Waals surface area contributed by atoms with E-state index in [4.69, 9.17) is 0 Å². The average Bonchev–Trinajstić information content (AvgIpc) is 2.45. The second kappa shape index (κ2) is 6.27. The van der Waals surface area contributed by atoms with Crippen molar-refractivity contribution in [2.45, 2.75) is 19.3 Å². The summed E-state index contributed by atoms with van der Waals surface area (Å²) in [7, 11) is 0. The van der Waals surface area contributed by atoms with E-state index in [1.807, 2.05) is 0 Å². The van der Waals surface area contributed by atoms with Crippen LogP contribution >= 0.6 is 0 Å². The van der Waals surface area contributed by atoms with Crippen LogP contribution in [0.5, 0.6) is 0 Å². The van der Waals surface area contributed by atoms with E-state index in [-0.39, 0.29) is 5.56 Å². The lowest BCUT2D eigenvalue weighted by Crippen LogP contribution is -2.30. The van der Waals surface area contributed by atoms with E-state index in [2.05, 4.69) is 17.5 Å². The molecule has 1 aliphatic rings. The summed E-state index contributed by atoms with van der Waals surface area (Å²) in [6.45, 7) is 0.470. The van der Waals surface area contributed by atoms with Gasteiger partial charge in [0.05, 0.1) is 11.0 Å². The van der Waals surface area contributed by atoms with Crippen LogP contribution in [0.15, 0.2) is 30.4 Å². The number of amides is 1. The predicted octanol–water partition coefficient (Wildman–Crippen LogP) is 2.82. The molecule has 6 heteroatoms. The molecular weight excluding hydrogens is 263 g/mol. The van der Waals surface area contributed by atoms with Gasteiger partial charge in [0, 0.05) is 6.54 Å². The van der Waals surface area contributed by atoms with Crippen LogP contribution in [-0.4, -0.2) is 17.4 Å². The molecule has 0 heterocycles. The number of nitrogens with one attached hydrogen (secondary N) is 1. The third kappa shape index (κ3) is 3.40. The minimum absolute atomic E-state index is 0.109. The quantitative estimate of drug-likeness (QED) is 0.523. The molecule has 0 aliphatic heterocycles. The zero-order valence-electron chi connectivity index (χ0n) is 10.8. The van der Waals surface area contributed by atoms with Gasteiger partial charge in [-0.2, -0.15) is 0 Å². The summed E-state index contributed by atoms with van der Waals surface area (Å²) in [4.78, 5) is 22.1. The fourth-order valence-corrected chi connectivity index (χ4v) is 2.22. The summed E-state index contributed by atoms with van der Waals surface area (Å²) < 4.78 is 13.0. The van der Waals surface area contributed by atoms with Gasteiger partial charge in [0.2, 0.25) is 0 Å². The van der Waals surface area contributed by atoms with Crippen LogP contribution in [0.3, 0.4) is 0 Å². The summed E-state index contributed by atoms with van der Waals surface area (Å²) in [5, 5.41) is 13.5. The van der Waals surface area contributed by atoms with E-state index in [9.17, 15) is 19.3 Å². The number of halogens is 1. The molecule has 0 saturated heterocycles. The highest BCUT2D eigenvalue weighted by Crippen LogP contribution is 2.21. The first-order chi connectivity index (χ1) is 9.58. The van der Waals surface area contributed by atoms with Gasteiger partial charge in [-0.05, 0) is 37.3 Å². The van der Waals surface area contributed by atoms with Crippen LogP contribution in [0, 0.1) is 21.8 Å². The van der Waals surface area contributed by atoms with E-state index in [0.717, 1.165) is 37.5 Å². The highest BCUT2D eigenvalue weighted by atomic mass is 19.1. The van der Waals surface area contributed by atoms with Gasteiger partial charge < -0.3 is 5.32 Å². The summed E-state index contributed by atoms with van der Waals surface area (Å²) in [5.74, 6) is -0.916. The van der Waals surface area contributed by atoms with Gasteiger partial charge in [0.25, 0.3) is 11.6 Å². The second-order valence-electron chi connectivity index (χ2n) is 4.78. The molecule has 2 rings (SSSR count). The fraction of sp³-hybridized carbons (Fsp3) is 0.357. The molecule has 106 valence electrons. The molecule has 1 amide bonds. The molecular formula is C14H15FN2O3. The number of allylic oxidation sites excluding steroid dienone is 2. The molecule has 1 aromatic carbocycles. The Hall–Kier alpha value is -2.24. The number of nitrogens with zero attached hydrogens (tertiary/aromatic N) is 1. The summed E-state index contributed by atoms with van der Waals surface area (Å²) >= 11 is 0. The van der Waals surface area contributed by atoms with Crippen molar-refractivity contribution in [3.05, 3.63) is 51.8 Å². The van der Waals surface area contributed by atoms with Crippen LogP contribution in [-0.2, 0) is 0 Å². The number of nitro groups is 1. The zero-order chi connectivity index (χ0) is 14.5. The van der Waals surface area contributed by atoms with Crippen LogP contribution in [0.2, 0.25) is 0 Å². The van der Waals surface area contributed by atoms with E-state index < -0.39 is 22.3 Å². The van der Waals surface area contributed by atoms with Crippen molar-refractivity contribution in [1.82, 2.24) is 5.32 Å². The molecule has 1 atom stereocenters. The lowest BCUT2D eigenvalue weighted by Gasteiger charge is -2.18. The van der Waals surface area contributed by atoms with Crippen molar-refractivity contribution in [3.63, 3.8) is 0 Å². The number of carbonyl (C=O) groups excluding carboxylic acids is 1. The van der Waals surface area contributed by atoms with E-state index in [1.165, 1.54) is 0 Å². The average molecular weight is 278 g/mol. The minimum Gasteiger partial charge on any atom is -0.352 e. The number of hydrogen-bond donors (Lipinski definition) is 1. The van der Waals surface area contributed by atoms with Gasteiger partial charge in [0.15, 0.2) is 0 Å². The van der Waals surface area contributed by atoms with Gasteiger partial charge >= 0.3 is 0 Å². The first-order valence-corrected chi connectivity index (χ1v) is 6.45. The topological polar surface area (TPSA) is 72.2 Å². The lowest BCUT2D eigenvalue weighted by atomic mass is 9.94. The zero-order valence-corrected chi connectivity index (χ0v) is 10.8. The Labute approximate surface area is 115 Å². The Kier molecular flexibility index (Phi) is 4.45. The largest absolute Gasteiger partial charge is 0.352 e. The molecule has 0 fully saturated rings. The lowest BCUT2D eigenvalue weighted by molar-refractivity contribution is -0.385. The van der Waals surface area contributed by atoms with Crippen molar-refractivity contribution in [1.29, 1.82) is 0 Å². The Balaban J connectivity index is 2.05. The Morgan fingerprint density at radius 1 is 1.45 bits per heavy atom. The maximum Gasteiger partial charge on any atom is 0.285 e. The first-order valence-electron chi connectivity index (χ1n) is 6.45. The number of nitro benzene ring substituents is 1. The number of rotatable bonds is 4. The highest BCUT2D eigenvalue weighted by Gasteiger charge is 2.21. The Morgan fingerprint density at radius 2 is 2.25 bits per heavy atom. The maximum atomic E-state index is 13.0. The molecule has 1 aliphatic carbocycles. The molecule has 1 N–H and O–H groups in total. The third-order valence-corrected chi connectivity index (χ3v) is 3.33. The van der Waals surface area contributed by atoms with Gasteiger partial charge in [0.1, 0.15) is 11.4 Å². The monoisotopic (exact) mass is 278 g/mol. The number of hydrogen-bond acceptors (Lipinski definition) is 3. The van der Waals surface area contributed by atoms with Crippen molar-refractivity contribution < 1.29 is 14.1 Å². The molecule has 1 unspecified atom stereocenters. The highest BCUT2D eigenvalue weighted by molar-refractivity contribution is 5.98. The SMILES string of the molecule is O=C(NCC1CC=CCC1)c1ccc(F)cc1[N+](=O)[O-]. The van der Waals surface area contributed by atoms with Crippen molar-refractivity contribution in [2.75, 3.05) is 6.54 Å². The number of carbonyl (C=O) groups is 1. The molecule has 1 aromatic rings. The van der Waals surface area contributed by atoms with Crippen molar-refractivity contribution in [3.8, 4) is 0 Å². The van der Waals surface area contributed by atoms with Gasteiger partial charge in [-0.3, -0.25) is 14.9 Å². The maximum absolute atomic E-state index is 13.0. The Morgan fingerprint density at radius 3 is 2.90 bits per heavy atom. The van der Waals surface area contributed by atoms with Crippen LogP contribution < -0.4 is 5.32 Å².